The lowest BCUT2D eigenvalue weighted by molar-refractivity contribution is 0.00280. The largest absolute Gasteiger partial charge is 0.489 e. The lowest BCUT2D eigenvalue weighted by Gasteiger charge is -2.46. The quantitative estimate of drug-likeness (QED) is 0.569. The molecule has 2 saturated heterocycles. The average molecular weight is 465 g/mol. The molecule has 1 aliphatic carbocycles. The molecule has 3 fully saturated rings. The second-order valence-corrected chi connectivity index (χ2v) is 10.1. The Kier molecular flexibility index (Phi) is 6.82. The van der Waals surface area contributed by atoms with Crippen molar-refractivity contribution in [3.8, 4) is 5.75 Å². The van der Waals surface area contributed by atoms with Gasteiger partial charge in [-0.1, -0.05) is 0 Å². The number of nitrogens with zero attached hydrogens (tertiary/aromatic N) is 2. The second-order valence-electron chi connectivity index (χ2n) is 9.28. The highest BCUT2D eigenvalue weighted by Crippen LogP contribution is 2.37. The molecular weight excluding hydrogens is 432 g/mol. The smallest absolute Gasteiger partial charge is 0.337 e. The molecule has 1 aromatic rings. The monoisotopic (exact) mass is 464 g/mol. The molecule has 0 atom stereocenters. The number of rotatable bonds is 7. The van der Waals surface area contributed by atoms with E-state index in [0.29, 0.717) is 5.56 Å². The van der Waals surface area contributed by atoms with Crippen molar-refractivity contribution in [1.82, 2.24) is 9.80 Å². The normalized spacial score (nSPS) is 26.6. The van der Waals surface area contributed by atoms with Crippen molar-refractivity contribution in [3.05, 3.63) is 28.2 Å². The van der Waals surface area contributed by atoms with E-state index in [1.807, 2.05) is 6.07 Å². The fraction of sp³-hybridized carbons (Fsp3) is 0.696. The van der Waals surface area contributed by atoms with Gasteiger partial charge in [0.2, 0.25) is 0 Å². The van der Waals surface area contributed by atoms with Crippen LogP contribution in [0.1, 0.15) is 42.5 Å². The van der Waals surface area contributed by atoms with Crippen molar-refractivity contribution in [3.63, 3.8) is 0 Å². The van der Waals surface area contributed by atoms with Crippen molar-refractivity contribution >= 4 is 21.9 Å². The molecule has 0 N–H and O–H groups in total. The highest BCUT2D eigenvalue weighted by Gasteiger charge is 2.36. The number of hydrogen-bond donors (Lipinski definition) is 0. The molecule has 1 saturated carbocycles. The molecule has 1 aromatic carbocycles. The van der Waals surface area contributed by atoms with E-state index >= 15 is 0 Å². The highest BCUT2D eigenvalue weighted by atomic mass is 79.9. The number of ether oxygens (including phenoxy) is 2. The third-order valence-electron chi connectivity index (χ3n) is 6.89. The minimum absolute atomic E-state index is 0.288. The van der Waals surface area contributed by atoms with E-state index in [2.05, 4.69) is 32.8 Å². The third kappa shape index (κ3) is 5.33. The molecule has 29 heavy (non-hydrogen) atoms. The zero-order valence-corrected chi connectivity index (χ0v) is 19.2. The van der Waals surface area contributed by atoms with Gasteiger partial charge < -0.3 is 19.3 Å². The fourth-order valence-electron chi connectivity index (χ4n) is 5.05. The van der Waals surface area contributed by atoms with E-state index in [1.165, 1.54) is 59.1 Å². The Hall–Kier alpha value is -1.11. The Bertz CT molecular complexity index is 708. The molecule has 0 aromatic heterocycles. The van der Waals surface area contributed by atoms with Crippen LogP contribution < -0.4 is 4.74 Å². The van der Waals surface area contributed by atoms with Crippen molar-refractivity contribution in [2.75, 3.05) is 46.9 Å². The first-order valence-electron chi connectivity index (χ1n) is 11.0. The van der Waals surface area contributed by atoms with Gasteiger partial charge in [-0.3, -0.25) is 0 Å². The molecular formula is C23H33BrN2O3. The van der Waals surface area contributed by atoms with Gasteiger partial charge in [0.05, 0.1) is 23.2 Å². The van der Waals surface area contributed by atoms with Crippen LogP contribution in [0.3, 0.4) is 0 Å². The molecule has 0 bridgehead atoms. The molecule has 160 valence electrons. The van der Waals surface area contributed by atoms with Gasteiger partial charge in [-0.25, -0.2) is 4.79 Å². The predicted octanol–water partition coefficient (Wildman–Crippen LogP) is 4.06. The van der Waals surface area contributed by atoms with Gasteiger partial charge in [0.15, 0.2) is 0 Å². The van der Waals surface area contributed by atoms with Crippen LogP contribution in [0, 0.1) is 17.8 Å². The summed E-state index contributed by atoms with van der Waals surface area (Å²) in [5.41, 5.74) is 0.533. The van der Waals surface area contributed by atoms with Crippen LogP contribution >= 0.6 is 15.9 Å². The predicted molar refractivity (Wildman–Crippen MR) is 117 cm³/mol. The number of methoxy groups -OCH3 is 1. The van der Waals surface area contributed by atoms with Crippen LogP contribution in [-0.2, 0) is 4.74 Å². The minimum atomic E-state index is -0.329. The highest BCUT2D eigenvalue weighted by molar-refractivity contribution is 9.10. The van der Waals surface area contributed by atoms with Gasteiger partial charge in [-0.2, -0.15) is 0 Å². The topological polar surface area (TPSA) is 42.0 Å². The molecule has 2 heterocycles. The van der Waals surface area contributed by atoms with E-state index in [9.17, 15) is 4.79 Å². The van der Waals surface area contributed by atoms with Crippen LogP contribution in [0.2, 0.25) is 0 Å². The number of carbonyl (C=O) groups excluding carboxylic acids is 1. The summed E-state index contributed by atoms with van der Waals surface area (Å²) in [6, 6.07) is 5.38. The van der Waals surface area contributed by atoms with E-state index in [4.69, 9.17) is 9.47 Å². The molecule has 4 rings (SSSR count). The van der Waals surface area contributed by atoms with E-state index in [1.54, 1.807) is 12.1 Å². The summed E-state index contributed by atoms with van der Waals surface area (Å²) in [7, 11) is 3.64. The maximum atomic E-state index is 11.6. The summed E-state index contributed by atoms with van der Waals surface area (Å²) in [4.78, 5) is 16.7. The molecule has 0 unspecified atom stereocenters. The number of likely N-dealkylation sites (tertiary alicyclic amines) is 2. The van der Waals surface area contributed by atoms with Gasteiger partial charge in [0.1, 0.15) is 5.75 Å². The molecule has 5 nitrogen and oxygen atoms in total. The number of piperidine rings is 1. The summed E-state index contributed by atoms with van der Waals surface area (Å²) in [6.07, 6.45) is 6.77. The van der Waals surface area contributed by atoms with Crippen molar-refractivity contribution in [1.29, 1.82) is 0 Å². The molecule has 3 aliphatic rings. The van der Waals surface area contributed by atoms with Crippen LogP contribution in [0.15, 0.2) is 22.7 Å². The maximum Gasteiger partial charge on any atom is 0.337 e. The van der Waals surface area contributed by atoms with Gasteiger partial charge in [-0.15, -0.1) is 0 Å². The van der Waals surface area contributed by atoms with Crippen LogP contribution in [-0.4, -0.2) is 68.8 Å². The summed E-state index contributed by atoms with van der Waals surface area (Å²) < 4.78 is 11.7. The summed E-state index contributed by atoms with van der Waals surface area (Å²) in [5, 5.41) is 0. The summed E-state index contributed by atoms with van der Waals surface area (Å²) >= 11 is 3.51. The number of esters is 1. The van der Waals surface area contributed by atoms with Crippen LogP contribution in [0.4, 0.5) is 0 Å². The van der Waals surface area contributed by atoms with Crippen molar-refractivity contribution in [2.45, 2.75) is 38.2 Å². The zero-order chi connectivity index (χ0) is 20.4. The molecule has 6 heteroatoms. The summed E-state index contributed by atoms with van der Waals surface area (Å²) in [6.45, 7) is 6.40. The lowest BCUT2D eigenvalue weighted by atomic mass is 9.79. The molecule has 0 spiro atoms. The molecule has 2 aliphatic heterocycles. The standard InChI is InChI=1S/C23H33BrN2O3/c1-25-7-5-16(6-8-25)9-18-14-26(15-18)13-17-10-20(11-17)29-22-4-3-19(12-21(22)24)23(27)28-2/h3-4,12,16-18,20H,5-11,13-15H2,1-2H3. The third-order valence-corrected chi connectivity index (χ3v) is 7.51. The minimum Gasteiger partial charge on any atom is -0.489 e. The lowest BCUT2D eigenvalue weighted by Crippen LogP contribution is -2.52. The summed E-state index contributed by atoms with van der Waals surface area (Å²) in [5.74, 6) is 3.13. The van der Waals surface area contributed by atoms with E-state index in [-0.39, 0.29) is 12.1 Å². The first-order chi connectivity index (χ1) is 14.0. The second kappa shape index (κ2) is 9.36. The molecule has 0 radical (unpaired) electrons. The van der Waals surface area contributed by atoms with Crippen molar-refractivity contribution < 1.29 is 14.3 Å². The number of hydrogen-bond acceptors (Lipinski definition) is 5. The van der Waals surface area contributed by atoms with E-state index in [0.717, 1.165) is 40.8 Å². The van der Waals surface area contributed by atoms with Gasteiger partial charge >= 0.3 is 5.97 Å². The van der Waals surface area contributed by atoms with Gasteiger partial charge in [0.25, 0.3) is 0 Å². The Labute approximate surface area is 182 Å². The number of halogens is 1. The maximum absolute atomic E-state index is 11.6. The first-order valence-corrected chi connectivity index (χ1v) is 11.7. The SMILES string of the molecule is COC(=O)c1ccc(OC2CC(CN3CC(CC4CCN(C)CC4)C3)C2)c(Br)c1. The number of benzene rings is 1. The fourth-order valence-corrected chi connectivity index (χ4v) is 5.52. The first kappa shape index (κ1) is 21.1. The molecule has 0 amide bonds. The van der Waals surface area contributed by atoms with Gasteiger partial charge in [-0.05, 0) is 104 Å². The Morgan fingerprint density at radius 3 is 2.52 bits per heavy atom. The van der Waals surface area contributed by atoms with E-state index < -0.39 is 0 Å². The zero-order valence-electron chi connectivity index (χ0n) is 17.6. The Morgan fingerprint density at radius 1 is 1.14 bits per heavy atom. The number of carbonyl (C=O) groups is 1. The Morgan fingerprint density at radius 2 is 1.86 bits per heavy atom. The van der Waals surface area contributed by atoms with Crippen LogP contribution in [0.5, 0.6) is 5.75 Å². The average Bonchev–Trinajstić information content (AvgIpc) is 2.66. The van der Waals surface area contributed by atoms with Gasteiger partial charge in [0, 0.05) is 19.6 Å². The van der Waals surface area contributed by atoms with Crippen molar-refractivity contribution in [2.24, 2.45) is 17.8 Å². The van der Waals surface area contributed by atoms with Crippen LogP contribution in [0.25, 0.3) is 0 Å². The Balaban J connectivity index is 1.12.